The average molecular weight is 433 g/mol. The number of carbonyl (C=O) groups is 1. The van der Waals surface area contributed by atoms with Crippen LogP contribution in [0.1, 0.15) is 51.0 Å². The fourth-order valence-electron chi connectivity index (χ4n) is 3.42. The van der Waals surface area contributed by atoms with Crippen LogP contribution in [0.4, 0.5) is 0 Å². The first-order valence-corrected chi connectivity index (χ1v) is 11.4. The Bertz CT molecular complexity index is 994. The Morgan fingerprint density at radius 2 is 1.53 bits per heavy atom. The van der Waals surface area contributed by atoms with E-state index in [1.54, 1.807) is 6.21 Å². The molecule has 0 aliphatic carbocycles. The van der Waals surface area contributed by atoms with Gasteiger partial charge in [-0.3, -0.25) is 4.79 Å². The second kappa shape index (κ2) is 13.2. The zero-order valence-electron chi connectivity index (χ0n) is 18.8. The fraction of sp³-hybridized carbons (Fsp3) is 0.333. The SMILES string of the molecule is CCCCCCCCOc1ccc(OCC(=O)NN=Cc2cccc3ccccc23)cc1. The van der Waals surface area contributed by atoms with E-state index >= 15 is 0 Å². The van der Waals surface area contributed by atoms with Crippen LogP contribution in [-0.4, -0.2) is 25.3 Å². The molecule has 0 atom stereocenters. The molecular formula is C27H32N2O3. The van der Waals surface area contributed by atoms with Crippen molar-refractivity contribution in [2.24, 2.45) is 5.10 Å². The standard InChI is InChI=1S/C27H32N2O3/c1-2-3-4-5-6-9-19-31-24-15-17-25(18-16-24)32-21-27(30)29-28-20-23-13-10-12-22-11-7-8-14-26(22)23/h7-8,10-18,20H,2-6,9,19,21H2,1H3,(H,29,30). The van der Waals surface area contributed by atoms with Gasteiger partial charge in [0.25, 0.3) is 5.91 Å². The number of hydrogen-bond donors (Lipinski definition) is 1. The number of hydrogen-bond acceptors (Lipinski definition) is 4. The lowest BCUT2D eigenvalue weighted by molar-refractivity contribution is -0.123. The predicted molar refractivity (Wildman–Crippen MR) is 130 cm³/mol. The number of nitrogens with zero attached hydrogens (tertiary/aromatic N) is 1. The summed E-state index contributed by atoms with van der Waals surface area (Å²) in [5.41, 5.74) is 3.46. The van der Waals surface area contributed by atoms with Crippen molar-refractivity contribution in [1.29, 1.82) is 0 Å². The highest BCUT2D eigenvalue weighted by Crippen LogP contribution is 2.18. The maximum Gasteiger partial charge on any atom is 0.277 e. The third-order valence-electron chi connectivity index (χ3n) is 5.18. The van der Waals surface area contributed by atoms with Crippen LogP contribution >= 0.6 is 0 Å². The molecule has 168 valence electrons. The van der Waals surface area contributed by atoms with Gasteiger partial charge in [0, 0.05) is 5.56 Å². The smallest absolute Gasteiger partial charge is 0.277 e. The molecule has 5 nitrogen and oxygen atoms in total. The van der Waals surface area contributed by atoms with Gasteiger partial charge in [-0.2, -0.15) is 5.10 Å². The van der Waals surface area contributed by atoms with Crippen molar-refractivity contribution in [2.75, 3.05) is 13.2 Å². The van der Waals surface area contributed by atoms with Crippen LogP contribution in [0.3, 0.4) is 0 Å². The highest BCUT2D eigenvalue weighted by molar-refractivity contribution is 5.99. The highest BCUT2D eigenvalue weighted by Gasteiger charge is 2.03. The predicted octanol–water partition coefficient (Wildman–Crippen LogP) is 6.11. The third-order valence-corrected chi connectivity index (χ3v) is 5.18. The number of nitrogens with one attached hydrogen (secondary N) is 1. The molecule has 3 aromatic rings. The Kier molecular flexibility index (Phi) is 9.59. The van der Waals surface area contributed by atoms with Crippen LogP contribution in [0.2, 0.25) is 0 Å². The van der Waals surface area contributed by atoms with Crippen molar-refractivity contribution in [3.63, 3.8) is 0 Å². The number of ether oxygens (including phenoxy) is 2. The first-order chi connectivity index (χ1) is 15.8. The minimum absolute atomic E-state index is 0.106. The molecular weight excluding hydrogens is 400 g/mol. The van der Waals surface area contributed by atoms with Gasteiger partial charge in [-0.1, -0.05) is 81.5 Å². The number of fused-ring (bicyclic) bond motifs is 1. The summed E-state index contributed by atoms with van der Waals surface area (Å²) >= 11 is 0. The van der Waals surface area contributed by atoms with Crippen molar-refractivity contribution in [3.8, 4) is 11.5 Å². The molecule has 3 aromatic carbocycles. The van der Waals surface area contributed by atoms with Gasteiger partial charge in [-0.15, -0.1) is 0 Å². The number of benzene rings is 3. The van der Waals surface area contributed by atoms with Crippen LogP contribution in [0.25, 0.3) is 10.8 Å². The monoisotopic (exact) mass is 432 g/mol. The van der Waals surface area contributed by atoms with Crippen LogP contribution in [0, 0.1) is 0 Å². The molecule has 0 unspecified atom stereocenters. The third kappa shape index (κ3) is 7.73. The molecule has 0 radical (unpaired) electrons. The molecule has 5 heteroatoms. The lowest BCUT2D eigenvalue weighted by atomic mass is 10.1. The Balaban J connectivity index is 1.36. The molecule has 0 aliphatic rings. The van der Waals surface area contributed by atoms with Gasteiger partial charge in [0.2, 0.25) is 0 Å². The second-order valence-electron chi connectivity index (χ2n) is 7.74. The van der Waals surface area contributed by atoms with Gasteiger partial charge in [-0.05, 0) is 41.5 Å². The summed E-state index contributed by atoms with van der Waals surface area (Å²) < 4.78 is 11.3. The molecule has 0 saturated carbocycles. The molecule has 0 aliphatic heterocycles. The van der Waals surface area contributed by atoms with Crippen LogP contribution in [0.15, 0.2) is 71.8 Å². The van der Waals surface area contributed by atoms with E-state index in [2.05, 4.69) is 17.5 Å². The van der Waals surface area contributed by atoms with Crippen molar-refractivity contribution in [3.05, 3.63) is 72.3 Å². The summed E-state index contributed by atoms with van der Waals surface area (Å²) in [5.74, 6) is 1.12. The van der Waals surface area contributed by atoms with E-state index in [1.165, 1.54) is 32.1 Å². The average Bonchev–Trinajstić information content (AvgIpc) is 2.83. The number of amides is 1. The Morgan fingerprint density at radius 3 is 2.34 bits per heavy atom. The van der Waals surface area contributed by atoms with Crippen molar-refractivity contribution >= 4 is 22.9 Å². The quantitative estimate of drug-likeness (QED) is 0.201. The van der Waals surface area contributed by atoms with E-state index in [1.807, 2.05) is 66.7 Å². The number of carbonyl (C=O) groups excluding carboxylic acids is 1. The molecule has 3 rings (SSSR count). The molecule has 0 spiro atoms. The van der Waals surface area contributed by atoms with E-state index < -0.39 is 0 Å². The van der Waals surface area contributed by atoms with E-state index in [9.17, 15) is 4.79 Å². The minimum Gasteiger partial charge on any atom is -0.494 e. The molecule has 1 N–H and O–H groups in total. The van der Waals surface area contributed by atoms with E-state index in [0.717, 1.165) is 35.1 Å². The van der Waals surface area contributed by atoms with E-state index in [4.69, 9.17) is 9.47 Å². The molecule has 32 heavy (non-hydrogen) atoms. The molecule has 1 amide bonds. The Hall–Kier alpha value is -3.34. The minimum atomic E-state index is -0.315. The van der Waals surface area contributed by atoms with Crippen LogP contribution in [0.5, 0.6) is 11.5 Å². The van der Waals surface area contributed by atoms with E-state index in [0.29, 0.717) is 5.75 Å². The normalized spacial score (nSPS) is 11.0. The number of rotatable bonds is 13. The Labute approximate surface area is 190 Å². The second-order valence-corrected chi connectivity index (χ2v) is 7.74. The summed E-state index contributed by atoms with van der Waals surface area (Å²) in [4.78, 5) is 12.0. The number of hydrazone groups is 1. The molecule has 0 fully saturated rings. The largest absolute Gasteiger partial charge is 0.494 e. The first-order valence-electron chi connectivity index (χ1n) is 11.4. The van der Waals surface area contributed by atoms with Gasteiger partial charge in [0.1, 0.15) is 11.5 Å². The van der Waals surface area contributed by atoms with Crippen molar-refractivity contribution in [1.82, 2.24) is 5.43 Å². The van der Waals surface area contributed by atoms with Gasteiger partial charge < -0.3 is 9.47 Å². The van der Waals surface area contributed by atoms with Gasteiger partial charge in [0.15, 0.2) is 6.61 Å². The number of unbranched alkanes of at least 4 members (excludes halogenated alkanes) is 5. The van der Waals surface area contributed by atoms with Gasteiger partial charge >= 0.3 is 0 Å². The summed E-state index contributed by atoms with van der Waals surface area (Å²) in [6.07, 6.45) is 9.10. The van der Waals surface area contributed by atoms with Gasteiger partial charge in [0.05, 0.1) is 12.8 Å². The zero-order valence-corrected chi connectivity index (χ0v) is 18.8. The summed E-state index contributed by atoms with van der Waals surface area (Å²) in [6, 6.07) is 21.4. The van der Waals surface area contributed by atoms with Crippen LogP contribution < -0.4 is 14.9 Å². The zero-order chi connectivity index (χ0) is 22.4. The maximum absolute atomic E-state index is 12.0. The van der Waals surface area contributed by atoms with E-state index in [-0.39, 0.29) is 12.5 Å². The fourth-order valence-corrected chi connectivity index (χ4v) is 3.42. The maximum atomic E-state index is 12.0. The summed E-state index contributed by atoms with van der Waals surface area (Å²) in [5, 5.41) is 6.27. The summed E-state index contributed by atoms with van der Waals surface area (Å²) in [6.45, 7) is 2.85. The molecule has 0 bridgehead atoms. The highest BCUT2D eigenvalue weighted by atomic mass is 16.5. The molecule has 0 heterocycles. The van der Waals surface area contributed by atoms with Gasteiger partial charge in [-0.25, -0.2) is 5.43 Å². The Morgan fingerprint density at radius 1 is 0.844 bits per heavy atom. The lowest BCUT2D eigenvalue weighted by Crippen LogP contribution is -2.24. The topological polar surface area (TPSA) is 59.9 Å². The van der Waals surface area contributed by atoms with Crippen molar-refractivity contribution in [2.45, 2.75) is 45.4 Å². The molecule has 0 aromatic heterocycles. The van der Waals surface area contributed by atoms with Crippen LogP contribution in [-0.2, 0) is 4.79 Å². The summed E-state index contributed by atoms with van der Waals surface area (Å²) in [7, 11) is 0. The van der Waals surface area contributed by atoms with Crippen molar-refractivity contribution < 1.29 is 14.3 Å². The molecule has 0 saturated heterocycles. The lowest BCUT2D eigenvalue weighted by Gasteiger charge is -2.08. The first kappa shape index (κ1) is 23.3.